The van der Waals surface area contributed by atoms with Gasteiger partial charge in [0.15, 0.2) is 0 Å². The largest absolute Gasteiger partial charge is 0.508 e. The Morgan fingerprint density at radius 1 is 0.762 bits per heavy atom. The first-order chi connectivity index (χ1) is 10.2. The molecule has 0 amide bonds. The van der Waals surface area contributed by atoms with Gasteiger partial charge in [0.2, 0.25) is 0 Å². The Hall–Kier alpha value is -2.79. The van der Waals surface area contributed by atoms with Crippen molar-refractivity contribution in [3.63, 3.8) is 0 Å². The molecule has 0 radical (unpaired) electrons. The Balaban J connectivity index is 1.80. The fourth-order valence-corrected chi connectivity index (χ4v) is 2.47. The lowest BCUT2D eigenvalue weighted by atomic mass is 10.00. The molecule has 0 aromatic heterocycles. The van der Waals surface area contributed by atoms with Gasteiger partial charge in [0.05, 0.1) is 11.6 Å². The first kappa shape index (κ1) is 13.2. The van der Waals surface area contributed by atoms with Crippen molar-refractivity contribution >= 4 is 10.8 Å². The Morgan fingerprint density at radius 2 is 1.43 bits per heavy atom. The van der Waals surface area contributed by atoms with E-state index in [1.165, 1.54) is 11.1 Å². The van der Waals surface area contributed by atoms with E-state index in [-0.39, 0.29) is 0 Å². The van der Waals surface area contributed by atoms with Crippen molar-refractivity contribution in [3.05, 3.63) is 77.4 Å². The minimum atomic E-state index is 0.300. The summed E-state index contributed by atoms with van der Waals surface area (Å²) in [6, 6.07) is 21.7. The molecule has 0 aliphatic heterocycles. The van der Waals surface area contributed by atoms with Crippen LogP contribution in [0.4, 0.5) is 0 Å². The lowest BCUT2D eigenvalue weighted by molar-refractivity contribution is 0.475. The van der Waals surface area contributed by atoms with Crippen LogP contribution in [-0.2, 0) is 12.8 Å². The van der Waals surface area contributed by atoms with Crippen LogP contribution in [-0.4, -0.2) is 5.11 Å². The lowest BCUT2D eigenvalue weighted by Crippen LogP contribution is -1.91. The maximum absolute atomic E-state index is 9.28. The van der Waals surface area contributed by atoms with Gasteiger partial charge in [-0.3, -0.25) is 0 Å². The van der Waals surface area contributed by atoms with Gasteiger partial charge in [-0.15, -0.1) is 0 Å². The molecule has 0 aliphatic rings. The van der Waals surface area contributed by atoms with Crippen molar-refractivity contribution in [1.29, 1.82) is 5.26 Å². The second-order valence-electron chi connectivity index (χ2n) is 5.17. The third-order valence-corrected chi connectivity index (χ3v) is 3.67. The molecule has 3 rings (SSSR count). The summed E-state index contributed by atoms with van der Waals surface area (Å²) in [6.45, 7) is 0. The van der Waals surface area contributed by atoms with Gasteiger partial charge in [-0.25, -0.2) is 0 Å². The highest BCUT2D eigenvalue weighted by Gasteiger charge is 2.00. The molecule has 0 aliphatic carbocycles. The molecule has 0 fully saturated rings. The molecule has 0 unspecified atom stereocenters. The minimum absolute atomic E-state index is 0.300. The summed E-state index contributed by atoms with van der Waals surface area (Å²) in [4.78, 5) is 0. The number of benzene rings is 3. The molecule has 2 heteroatoms. The number of hydrogen-bond acceptors (Lipinski definition) is 2. The highest BCUT2D eigenvalue weighted by Crippen LogP contribution is 2.19. The molecule has 102 valence electrons. The average molecular weight is 273 g/mol. The van der Waals surface area contributed by atoms with Crippen LogP contribution >= 0.6 is 0 Å². The average Bonchev–Trinajstić information content (AvgIpc) is 2.53. The topological polar surface area (TPSA) is 44.0 Å². The fourth-order valence-electron chi connectivity index (χ4n) is 2.47. The molecule has 3 aromatic carbocycles. The van der Waals surface area contributed by atoms with Crippen molar-refractivity contribution in [2.75, 3.05) is 0 Å². The molecule has 3 aromatic rings. The normalized spacial score (nSPS) is 10.4. The Morgan fingerprint density at radius 3 is 2.19 bits per heavy atom. The molecule has 0 spiro atoms. The predicted octanol–water partition coefficient (Wildman–Crippen LogP) is 4.20. The van der Waals surface area contributed by atoms with E-state index in [2.05, 4.69) is 24.3 Å². The summed E-state index contributed by atoms with van der Waals surface area (Å²) >= 11 is 0. The number of hydrogen-bond donors (Lipinski definition) is 1. The summed E-state index contributed by atoms with van der Waals surface area (Å²) in [6.07, 6.45) is 1.88. The number of fused-ring (bicyclic) bond motifs is 1. The van der Waals surface area contributed by atoms with Crippen LogP contribution in [0.1, 0.15) is 16.7 Å². The maximum Gasteiger partial charge on any atom is 0.115 e. The van der Waals surface area contributed by atoms with Gasteiger partial charge in [-0.2, -0.15) is 5.26 Å². The van der Waals surface area contributed by atoms with Gasteiger partial charge >= 0.3 is 0 Å². The molecular weight excluding hydrogens is 258 g/mol. The number of phenolic OH excluding ortho intramolecular Hbond substituents is 1. The monoisotopic (exact) mass is 273 g/mol. The van der Waals surface area contributed by atoms with E-state index in [4.69, 9.17) is 5.26 Å². The molecule has 0 heterocycles. The van der Waals surface area contributed by atoms with Gasteiger partial charge in [0, 0.05) is 0 Å². The standard InChI is InChI=1S/C19H15NO/c20-13-16-4-8-17-7-3-15(11-18(17)12-16)2-1-14-5-9-19(21)10-6-14/h3-12,21H,1-2H2. The smallest absolute Gasteiger partial charge is 0.115 e. The zero-order chi connectivity index (χ0) is 14.7. The summed E-state index contributed by atoms with van der Waals surface area (Å²) in [5, 5.41) is 20.5. The van der Waals surface area contributed by atoms with E-state index >= 15 is 0 Å². The van der Waals surface area contributed by atoms with Crippen molar-refractivity contribution < 1.29 is 5.11 Å². The van der Waals surface area contributed by atoms with Gasteiger partial charge in [-0.1, -0.05) is 36.4 Å². The summed E-state index contributed by atoms with van der Waals surface area (Å²) in [7, 11) is 0. The second-order valence-corrected chi connectivity index (χ2v) is 5.17. The van der Waals surface area contributed by atoms with Crippen LogP contribution in [0.2, 0.25) is 0 Å². The quantitative estimate of drug-likeness (QED) is 0.777. The Bertz CT molecular complexity index is 813. The first-order valence-corrected chi connectivity index (χ1v) is 6.95. The highest BCUT2D eigenvalue weighted by atomic mass is 16.3. The van der Waals surface area contributed by atoms with E-state index in [0.717, 1.165) is 23.6 Å². The van der Waals surface area contributed by atoms with Gasteiger partial charge in [0.1, 0.15) is 5.75 Å². The van der Waals surface area contributed by atoms with Crippen LogP contribution in [0, 0.1) is 11.3 Å². The van der Waals surface area contributed by atoms with Crippen molar-refractivity contribution in [2.45, 2.75) is 12.8 Å². The molecule has 1 N–H and O–H groups in total. The molecule has 0 saturated heterocycles. The molecule has 21 heavy (non-hydrogen) atoms. The molecule has 0 bridgehead atoms. The molecule has 0 saturated carbocycles. The second kappa shape index (κ2) is 5.68. The number of aromatic hydroxyl groups is 1. The van der Waals surface area contributed by atoms with Crippen LogP contribution < -0.4 is 0 Å². The zero-order valence-corrected chi connectivity index (χ0v) is 11.6. The van der Waals surface area contributed by atoms with E-state index in [1.807, 2.05) is 30.3 Å². The van der Waals surface area contributed by atoms with Crippen molar-refractivity contribution in [2.24, 2.45) is 0 Å². The summed E-state index contributed by atoms with van der Waals surface area (Å²) in [5.74, 6) is 0.300. The molecule has 0 atom stereocenters. The number of aryl methyl sites for hydroxylation is 2. The number of rotatable bonds is 3. The summed E-state index contributed by atoms with van der Waals surface area (Å²) < 4.78 is 0. The van der Waals surface area contributed by atoms with Gasteiger partial charge in [-0.05, 0) is 59.0 Å². The fraction of sp³-hybridized carbons (Fsp3) is 0.105. The Labute approximate surface area is 123 Å². The summed E-state index contributed by atoms with van der Waals surface area (Å²) in [5.41, 5.74) is 3.16. The van der Waals surface area contributed by atoms with E-state index in [9.17, 15) is 5.11 Å². The van der Waals surface area contributed by atoms with Crippen LogP contribution in [0.3, 0.4) is 0 Å². The zero-order valence-electron chi connectivity index (χ0n) is 11.6. The van der Waals surface area contributed by atoms with E-state index in [0.29, 0.717) is 11.3 Å². The highest BCUT2D eigenvalue weighted by molar-refractivity contribution is 5.84. The number of nitrogens with zero attached hydrogens (tertiary/aromatic N) is 1. The predicted molar refractivity (Wildman–Crippen MR) is 84.2 cm³/mol. The third-order valence-electron chi connectivity index (χ3n) is 3.67. The van der Waals surface area contributed by atoms with Crippen LogP contribution in [0.5, 0.6) is 5.75 Å². The maximum atomic E-state index is 9.28. The van der Waals surface area contributed by atoms with Gasteiger partial charge < -0.3 is 5.11 Å². The molecular formula is C19H15NO. The Kier molecular flexibility index (Phi) is 3.57. The van der Waals surface area contributed by atoms with Gasteiger partial charge in [0.25, 0.3) is 0 Å². The lowest BCUT2D eigenvalue weighted by Gasteiger charge is -2.05. The van der Waals surface area contributed by atoms with Crippen LogP contribution in [0.15, 0.2) is 60.7 Å². The van der Waals surface area contributed by atoms with E-state index in [1.54, 1.807) is 12.1 Å². The number of phenols is 1. The van der Waals surface area contributed by atoms with E-state index < -0.39 is 0 Å². The van der Waals surface area contributed by atoms with Crippen molar-refractivity contribution in [1.82, 2.24) is 0 Å². The molecule has 2 nitrogen and oxygen atoms in total. The third kappa shape index (κ3) is 3.04. The minimum Gasteiger partial charge on any atom is -0.508 e. The number of nitriles is 1. The van der Waals surface area contributed by atoms with Crippen LogP contribution in [0.25, 0.3) is 10.8 Å². The SMILES string of the molecule is N#Cc1ccc2ccc(CCc3ccc(O)cc3)cc2c1. The first-order valence-electron chi connectivity index (χ1n) is 6.95. The van der Waals surface area contributed by atoms with Crippen molar-refractivity contribution in [3.8, 4) is 11.8 Å².